The Morgan fingerprint density at radius 2 is 1.82 bits per heavy atom. The lowest BCUT2D eigenvalue weighted by atomic mass is 10.0. The standard InChI is InChI=1S/C17H25N3O2/c1-12(2)15-7-5-14(6-8-15)11-16-18-17(20-19-16)13(3)22-10-9-21-4/h5-8,12-13H,9-11H2,1-4H3,(H,18,19,20). The van der Waals surface area contributed by atoms with Crippen molar-refractivity contribution in [3.8, 4) is 0 Å². The van der Waals surface area contributed by atoms with Crippen LogP contribution in [0.1, 0.15) is 55.6 Å². The Morgan fingerprint density at radius 1 is 1.09 bits per heavy atom. The van der Waals surface area contributed by atoms with Crippen molar-refractivity contribution < 1.29 is 9.47 Å². The molecule has 2 rings (SSSR count). The van der Waals surface area contributed by atoms with Crippen molar-refractivity contribution in [2.24, 2.45) is 0 Å². The molecule has 0 bridgehead atoms. The lowest BCUT2D eigenvalue weighted by molar-refractivity contribution is 0.0216. The van der Waals surface area contributed by atoms with E-state index in [9.17, 15) is 0 Å². The molecule has 0 aliphatic heterocycles. The number of methoxy groups -OCH3 is 1. The van der Waals surface area contributed by atoms with Crippen LogP contribution >= 0.6 is 0 Å². The van der Waals surface area contributed by atoms with Gasteiger partial charge in [0.15, 0.2) is 5.82 Å². The lowest BCUT2D eigenvalue weighted by Gasteiger charge is -2.08. The van der Waals surface area contributed by atoms with Crippen LogP contribution < -0.4 is 0 Å². The van der Waals surface area contributed by atoms with Gasteiger partial charge in [-0.2, -0.15) is 5.10 Å². The van der Waals surface area contributed by atoms with Crippen LogP contribution in [0.4, 0.5) is 0 Å². The third kappa shape index (κ3) is 4.64. The molecule has 0 saturated carbocycles. The molecule has 2 aromatic rings. The molecule has 1 N–H and O–H groups in total. The molecule has 1 aromatic heterocycles. The van der Waals surface area contributed by atoms with Gasteiger partial charge in [-0.05, 0) is 24.0 Å². The van der Waals surface area contributed by atoms with Crippen molar-refractivity contribution in [2.45, 2.75) is 39.2 Å². The molecule has 1 aromatic carbocycles. The van der Waals surface area contributed by atoms with Crippen molar-refractivity contribution in [3.63, 3.8) is 0 Å². The van der Waals surface area contributed by atoms with Crippen molar-refractivity contribution >= 4 is 0 Å². The Balaban J connectivity index is 1.93. The molecule has 120 valence electrons. The molecule has 0 aliphatic carbocycles. The summed E-state index contributed by atoms with van der Waals surface area (Å²) >= 11 is 0. The van der Waals surface area contributed by atoms with E-state index in [1.54, 1.807) is 7.11 Å². The number of nitrogens with zero attached hydrogens (tertiary/aromatic N) is 2. The summed E-state index contributed by atoms with van der Waals surface area (Å²) in [6.45, 7) is 7.45. The fourth-order valence-electron chi connectivity index (χ4n) is 2.17. The molecule has 5 heteroatoms. The number of aromatic nitrogens is 3. The van der Waals surface area contributed by atoms with E-state index in [4.69, 9.17) is 9.47 Å². The first-order valence-corrected chi connectivity index (χ1v) is 7.70. The van der Waals surface area contributed by atoms with Gasteiger partial charge in [-0.15, -0.1) is 0 Å². The summed E-state index contributed by atoms with van der Waals surface area (Å²) in [4.78, 5) is 4.51. The minimum Gasteiger partial charge on any atom is -0.382 e. The minimum atomic E-state index is -0.136. The number of nitrogens with one attached hydrogen (secondary N) is 1. The van der Waals surface area contributed by atoms with E-state index in [1.807, 2.05) is 6.92 Å². The second-order valence-electron chi connectivity index (χ2n) is 5.72. The third-order valence-electron chi connectivity index (χ3n) is 3.59. The molecule has 1 atom stereocenters. The highest BCUT2D eigenvalue weighted by Crippen LogP contribution is 2.17. The summed E-state index contributed by atoms with van der Waals surface area (Å²) < 4.78 is 10.6. The van der Waals surface area contributed by atoms with E-state index in [-0.39, 0.29) is 6.10 Å². The number of benzene rings is 1. The zero-order valence-electron chi connectivity index (χ0n) is 13.8. The number of hydrogen-bond acceptors (Lipinski definition) is 4. The van der Waals surface area contributed by atoms with Crippen LogP contribution in [0.2, 0.25) is 0 Å². The summed E-state index contributed by atoms with van der Waals surface area (Å²) in [5, 5.41) is 7.23. The molecular formula is C17H25N3O2. The van der Waals surface area contributed by atoms with Crippen molar-refractivity contribution in [1.82, 2.24) is 15.2 Å². The fraction of sp³-hybridized carbons (Fsp3) is 0.529. The number of H-pyrrole nitrogens is 1. The Morgan fingerprint density at radius 3 is 2.45 bits per heavy atom. The van der Waals surface area contributed by atoms with Crippen LogP contribution in [0.3, 0.4) is 0 Å². The quantitative estimate of drug-likeness (QED) is 0.761. The zero-order valence-corrected chi connectivity index (χ0v) is 13.8. The molecule has 0 amide bonds. The van der Waals surface area contributed by atoms with Crippen molar-refractivity contribution in [1.29, 1.82) is 0 Å². The van der Waals surface area contributed by atoms with Gasteiger partial charge in [0.25, 0.3) is 0 Å². The van der Waals surface area contributed by atoms with E-state index >= 15 is 0 Å². The molecule has 0 radical (unpaired) electrons. The Kier molecular flexibility index (Phi) is 6.10. The summed E-state index contributed by atoms with van der Waals surface area (Å²) in [6, 6.07) is 8.65. The SMILES string of the molecule is COCCOC(C)c1n[nH]c(Cc2ccc(C(C)C)cc2)n1. The molecule has 0 aliphatic rings. The summed E-state index contributed by atoms with van der Waals surface area (Å²) in [5.74, 6) is 2.09. The van der Waals surface area contributed by atoms with Crippen LogP contribution in [-0.4, -0.2) is 35.5 Å². The second-order valence-corrected chi connectivity index (χ2v) is 5.72. The maximum Gasteiger partial charge on any atom is 0.179 e. The highest BCUT2D eigenvalue weighted by molar-refractivity contribution is 5.26. The zero-order chi connectivity index (χ0) is 15.9. The Bertz CT molecular complexity index is 564. The first kappa shape index (κ1) is 16.6. The predicted octanol–water partition coefficient (Wildman–Crippen LogP) is 3.24. The monoisotopic (exact) mass is 303 g/mol. The van der Waals surface area contributed by atoms with Crippen molar-refractivity contribution in [2.75, 3.05) is 20.3 Å². The van der Waals surface area contributed by atoms with Gasteiger partial charge in [0.1, 0.15) is 11.9 Å². The molecule has 5 nitrogen and oxygen atoms in total. The maximum absolute atomic E-state index is 5.60. The number of rotatable bonds is 8. The van der Waals surface area contributed by atoms with Gasteiger partial charge in [0.2, 0.25) is 0 Å². The largest absolute Gasteiger partial charge is 0.382 e. The smallest absolute Gasteiger partial charge is 0.179 e. The van der Waals surface area contributed by atoms with Gasteiger partial charge in [0.05, 0.1) is 13.2 Å². The number of ether oxygens (including phenoxy) is 2. The summed E-state index contributed by atoms with van der Waals surface area (Å²) in [6.07, 6.45) is 0.611. The predicted molar refractivity (Wildman–Crippen MR) is 86.0 cm³/mol. The van der Waals surface area contributed by atoms with Gasteiger partial charge in [-0.1, -0.05) is 38.1 Å². The van der Waals surface area contributed by atoms with Crippen LogP contribution in [0, 0.1) is 0 Å². The summed E-state index contributed by atoms with van der Waals surface area (Å²) in [7, 11) is 1.66. The topological polar surface area (TPSA) is 60.0 Å². The average molecular weight is 303 g/mol. The Labute approximate surface area is 132 Å². The van der Waals surface area contributed by atoms with Crippen molar-refractivity contribution in [3.05, 3.63) is 47.0 Å². The lowest BCUT2D eigenvalue weighted by Crippen LogP contribution is -2.07. The van der Waals surface area contributed by atoms with Crippen LogP contribution in [0.15, 0.2) is 24.3 Å². The molecule has 22 heavy (non-hydrogen) atoms. The molecular weight excluding hydrogens is 278 g/mol. The highest BCUT2D eigenvalue weighted by Gasteiger charge is 2.12. The van der Waals surface area contributed by atoms with Gasteiger partial charge in [-0.25, -0.2) is 4.98 Å². The van der Waals surface area contributed by atoms with E-state index in [2.05, 4.69) is 53.3 Å². The number of aromatic amines is 1. The first-order valence-electron chi connectivity index (χ1n) is 7.70. The highest BCUT2D eigenvalue weighted by atomic mass is 16.5. The van der Waals surface area contributed by atoms with Crippen LogP contribution in [0.25, 0.3) is 0 Å². The second kappa shape index (κ2) is 8.06. The van der Waals surface area contributed by atoms with Gasteiger partial charge >= 0.3 is 0 Å². The third-order valence-corrected chi connectivity index (χ3v) is 3.59. The molecule has 0 saturated heterocycles. The van der Waals surface area contributed by atoms with Crippen LogP contribution in [-0.2, 0) is 15.9 Å². The maximum atomic E-state index is 5.60. The van der Waals surface area contributed by atoms with Gasteiger partial charge in [-0.3, -0.25) is 5.10 Å². The molecule has 0 fully saturated rings. The number of hydrogen-bond donors (Lipinski definition) is 1. The van der Waals surface area contributed by atoms with E-state index < -0.39 is 0 Å². The molecule has 1 heterocycles. The van der Waals surface area contributed by atoms with E-state index in [0.29, 0.717) is 25.0 Å². The van der Waals surface area contributed by atoms with Gasteiger partial charge in [0, 0.05) is 13.5 Å². The normalized spacial score (nSPS) is 12.8. The minimum absolute atomic E-state index is 0.136. The molecule has 1 unspecified atom stereocenters. The Hall–Kier alpha value is -1.72. The van der Waals surface area contributed by atoms with E-state index in [1.165, 1.54) is 11.1 Å². The van der Waals surface area contributed by atoms with Gasteiger partial charge < -0.3 is 9.47 Å². The summed E-state index contributed by atoms with van der Waals surface area (Å²) in [5.41, 5.74) is 2.57. The first-order chi connectivity index (χ1) is 10.6. The van der Waals surface area contributed by atoms with Crippen LogP contribution in [0.5, 0.6) is 0 Å². The molecule has 0 spiro atoms. The van der Waals surface area contributed by atoms with E-state index in [0.717, 1.165) is 12.2 Å². The fourth-order valence-corrected chi connectivity index (χ4v) is 2.17. The average Bonchev–Trinajstić information content (AvgIpc) is 2.96.